The number of halogens is 1. The van der Waals surface area contributed by atoms with Gasteiger partial charge in [-0.3, -0.25) is 18.3 Å². The second-order valence-corrected chi connectivity index (χ2v) is 14.0. The molecule has 2 aromatic rings. The van der Waals surface area contributed by atoms with Gasteiger partial charge in [-0.1, -0.05) is 0 Å². The third-order valence-corrected chi connectivity index (χ3v) is 11.5. The molecule has 2 unspecified atom stereocenters. The number of nitrogens with zero attached hydrogens (tertiary/aromatic N) is 4. The third-order valence-electron chi connectivity index (χ3n) is 4.23. The number of imidazole rings is 1. The van der Waals surface area contributed by atoms with E-state index in [4.69, 9.17) is 20.3 Å². The van der Waals surface area contributed by atoms with E-state index >= 15 is 0 Å². The third kappa shape index (κ3) is 5.64. The van der Waals surface area contributed by atoms with Crippen LogP contribution in [-0.2, 0) is 18.4 Å². The number of rotatable bonds is 7. The first kappa shape index (κ1) is 24.1. The lowest BCUT2D eigenvalue weighted by atomic mass is 10.1. The molecule has 172 valence electrons. The summed E-state index contributed by atoms with van der Waals surface area (Å²) in [5.41, 5.74) is 5.97. The first-order chi connectivity index (χ1) is 14.2. The number of aromatic nitrogens is 4. The summed E-state index contributed by atoms with van der Waals surface area (Å²) in [5.74, 6) is -2.17. The molecule has 7 N–H and O–H groups in total. The van der Waals surface area contributed by atoms with E-state index in [-0.39, 0.29) is 17.0 Å². The molecule has 0 amide bonds. The topological polar surface area (TPSA) is 231 Å². The van der Waals surface area contributed by atoms with Crippen LogP contribution in [-0.4, -0.2) is 74.4 Å². The van der Waals surface area contributed by atoms with Crippen LogP contribution >= 0.6 is 22.3 Å². The Morgan fingerprint density at radius 1 is 1.16 bits per heavy atom. The molecule has 1 aliphatic heterocycles. The van der Waals surface area contributed by atoms with Crippen LogP contribution in [0.25, 0.3) is 11.2 Å². The van der Waals surface area contributed by atoms with E-state index < -0.39 is 58.7 Å². The lowest BCUT2D eigenvalue weighted by molar-refractivity contribution is -0.00166. The highest BCUT2D eigenvalue weighted by Crippen LogP contribution is 2.63. The number of aliphatic hydroxyl groups is 1. The first-order valence-electron chi connectivity index (χ1n) is 8.46. The van der Waals surface area contributed by atoms with Crippen molar-refractivity contribution in [2.24, 2.45) is 0 Å². The van der Waals surface area contributed by atoms with Gasteiger partial charge in [-0.15, -0.1) is 0 Å². The zero-order valence-corrected chi connectivity index (χ0v) is 18.2. The Bertz CT molecular complexity index is 1150. The number of fused-ring (bicyclic) bond motifs is 1. The number of nitrogens with two attached hydrogens (primary N) is 1. The minimum absolute atomic E-state index is 0.0408. The zero-order chi connectivity index (χ0) is 23.2. The Balaban J connectivity index is 1.77. The van der Waals surface area contributed by atoms with Gasteiger partial charge in [0.05, 0.1) is 6.33 Å². The maximum Gasteiger partial charge on any atom is 0.335 e. The number of ether oxygens (including phenoxy) is 1. The molecular weight excluding hydrogens is 482 g/mol. The average Bonchev–Trinajstić information content (AvgIpc) is 3.13. The standard InChI is InChI=1S/C13H19FN5O9P3/c14-8-10(20)7(1-2-29(21,22)5-30(23,24)6-31(25,26)27)28-13(8)19-4-18-9-11(15)16-3-17-12(9)19/h1-4,7-8,10,13,20H,5-6H2,(H,21,22)(H,23,24)(H2,15,16,17)(H2,25,26,27)/t7-,8-,10-,13-/m1/s1. The van der Waals surface area contributed by atoms with E-state index in [1.807, 2.05) is 0 Å². The zero-order valence-electron chi connectivity index (χ0n) is 15.5. The quantitative estimate of drug-likeness (QED) is 0.278. The summed E-state index contributed by atoms with van der Waals surface area (Å²) in [6, 6.07) is 0. The Labute approximate surface area is 173 Å². The molecule has 1 saturated heterocycles. The molecule has 18 heteroatoms. The minimum atomic E-state index is -4.90. The summed E-state index contributed by atoms with van der Waals surface area (Å²) in [6.45, 7) is 0. The largest absolute Gasteiger partial charge is 0.387 e. The van der Waals surface area contributed by atoms with Gasteiger partial charge in [-0.2, -0.15) is 0 Å². The fourth-order valence-corrected chi connectivity index (χ4v) is 9.83. The Morgan fingerprint density at radius 2 is 1.84 bits per heavy atom. The molecule has 6 atom stereocenters. The van der Waals surface area contributed by atoms with Crippen LogP contribution < -0.4 is 5.73 Å². The molecule has 0 aromatic carbocycles. The fraction of sp³-hybridized carbons (Fsp3) is 0.462. The lowest BCUT2D eigenvalue weighted by Crippen LogP contribution is -2.27. The number of hydrogen-bond acceptors (Lipinski definition) is 9. The molecule has 3 rings (SSSR count). The average molecular weight is 501 g/mol. The maximum atomic E-state index is 14.7. The molecule has 0 aliphatic carbocycles. The van der Waals surface area contributed by atoms with Crippen molar-refractivity contribution < 1.29 is 47.5 Å². The Kier molecular flexibility index (Phi) is 6.56. The SMILES string of the molecule is Nc1ncnc2c1ncn2[C@@H]1O[C@H](C=CP(=O)(O)CP(=O)(O)CP(=O)(O)O)[C@@H](O)[C@H]1F. The lowest BCUT2D eigenvalue weighted by Gasteiger charge is -2.16. The summed E-state index contributed by atoms with van der Waals surface area (Å²) in [6.07, 6.45) is -3.46. The Morgan fingerprint density at radius 3 is 2.48 bits per heavy atom. The summed E-state index contributed by atoms with van der Waals surface area (Å²) >= 11 is 0. The van der Waals surface area contributed by atoms with E-state index in [0.29, 0.717) is 5.82 Å². The number of nitrogen functional groups attached to an aromatic ring is 1. The second kappa shape index (κ2) is 8.43. The van der Waals surface area contributed by atoms with Crippen molar-refractivity contribution in [2.45, 2.75) is 24.6 Å². The molecule has 1 fully saturated rings. The molecule has 1 aliphatic rings. The van der Waals surface area contributed by atoms with Gasteiger partial charge in [0, 0.05) is 0 Å². The molecule has 31 heavy (non-hydrogen) atoms. The van der Waals surface area contributed by atoms with Crippen molar-refractivity contribution in [1.82, 2.24) is 19.5 Å². The molecule has 14 nitrogen and oxygen atoms in total. The first-order valence-corrected chi connectivity index (χ1v) is 14.2. The smallest absolute Gasteiger partial charge is 0.335 e. The number of alkyl halides is 1. The summed E-state index contributed by atoms with van der Waals surface area (Å²) in [5, 5.41) is 10.1. The van der Waals surface area contributed by atoms with Gasteiger partial charge < -0.3 is 35.2 Å². The van der Waals surface area contributed by atoms with Gasteiger partial charge in [0.1, 0.15) is 35.9 Å². The minimum Gasteiger partial charge on any atom is -0.387 e. The number of anilines is 1. The highest BCUT2D eigenvalue weighted by atomic mass is 31.3. The predicted molar refractivity (Wildman–Crippen MR) is 105 cm³/mol. The van der Waals surface area contributed by atoms with Crippen molar-refractivity contribution in [3.8, 4) is 0 Å². The summed E-state index contributed by atoms with van der Waals surface area (Å²) in [4.78, 5) is 48.7. The maximum absolute atomic E-state index is 14.7. The van der Waals surface area contributed by atoms with Crippen LogP contribution in [0.5, 0.6) is 0 Å². The second-order valence-electron chi connectivity index (χ2n) is 6.90. The van der Waals surface area contributed by atoms with Crippen molar-refractivity contribution in [3.63, 3.8) is 0 Å². The van der Waals surface area contributed by atoms with Crippen LogP contribution in [0.2, 0.25) is 0 Å². The van der Waals surface area contributed by atoms with E-state index in [0.717, 1.165) is 17.0 Å². The normalized spacial score (nSPS) is 28.7. The van der Waals surface area contributed by atoms with Crippen LogP contribution in [0, 0.1) is 0 Å². The van der Waals surface area contributed by atoms with Gasteiger partial charge in [-0.05, 0) is 11.9 Å². The van der Waals surface area contributed by atoms with Crippen LogP contribution in [0.15, 0.2) is 24.5 Å². The fourth-order valence-electron chi connectivity index (χ4n) is 3.02. The van der Waals surface area contributed by atoms with Gasteiger partial charge in [0.15, 0.2) is 23.9 Å². The molecule has 2 aromatic heterocycles. The monoisotopic (exact) mass is 501 g/mol. The molecular formula is C13H19FN5O9P3. The van der Waals surface area contributed by atoms with Crippen molar-refractivity contribution in [3.05, 3.63) is 24.5 Å². The van der Waals surface area contributed by atoms with Crippen molar-refractivity contribution in [2.75, 3.05) is 17.5 Å². The number of hydrogen-bond donors (Lipinski definition) is 6. The van der Waals surface area contributed by atoms with Crippen molar-refractivity contribution >= 4 is 39.3 Å². The molecule has 0 radical (unpaired) electrons. The molecule has 0 saturated carbocycles. The van der Waals surface area contributed by atoms with Crippen molar-refractivity contribution in [1.29, 1.82) is 0 Å². The summed E-state index contributed by atoms with van der Waals surface area (Å²) in [7, 11) is -14.1. The van der Waals surface area contributed by atoms with Gasteiger partial charge >= 0.3 is 7.60 Å². The van der Waals surface area contributed by atoms with E-state index in [9.17, 15) is 33.0 Å². The molecule has 0 spiro atoms. The van der Waals surface area contributed by atoms with Gasteiger partial charge in [0.2, 0.25) is 14.7 Å². The van der Waals surface area contributed by atoms with Gasteiger partial charge in [-0.25, -0.2) is 19.3 Å². The van der Waals surface area contributed by atoms with Crippen LogP contribution in [0.1, 0.15) is 6.23 Å². The van der Waals surface area contributed by atoms with Crippen LogP contribution in [0.3, 0.4) is 0 Å². The van der Waals surface area contributed by atoms with E-state index in [1.165, 1.54) is 6.33 Å². The molecule has 0 bridgehead atoms. The van der Waals surface area contributed by atoms with Crippen LogP contribution in [0.4, 0.5) is 10.2 Å². The number of aliphatic hydroxyl groups excluding tert-OH is 1. The predicted octanol–water partition coefficient (Wildman–Crippen LogP) is 0.152. The molecule has 3 heterocycles. The van der Waals surface area contributed by atoms with Gasteiger partial charge in [0.25, 0.3) is 0 Å². The highest BCUT2D eigenvalue weighted by molar-refractivity contribution is 7.81. The summed E-state index contributed by atoms with van der Waals surface area (Å²) < 4.78 is 56.2. The highest BCUT2D eigenvalue weighted by Gasteiger charge is 2.45. The van der Waals surface area contributed by atoms with E-state index in [1.54, 1.807) is 0 Å². The Hall–Kier alpha value is -1.53. The van der Waals surface area contributed by atoms with E-state index in [2.05, 4.69) is 15.0 Å².